The molecular formula is C20H25ClN6. The fourth-order valence-electron chi connectivity index (χ4n) is 3.97. The van der Waals surface area contributed by atoms with Gasteiger partial charge in [0, 0.05) is 30.8 Å². The number of aryl methyl sites for hydroxylation is 2. The molecule has 0 unspecified atom stereocenters. The average molecular weight is 385 g/mol. The lowest BCUT2D eigenvalue weighted by molar-refractivity contribution is 0.354. The lowest BCUT2D eigenvalue weighted by Crippen LogP contribution is -2.39. The van der Waals surface area contributed by atoms with E-state index in [9.17, 15) is 0 Å². The maximum atomic E-state index is 6.10. The number of fused-ring (bicyclic) bond motifs is 1. The van der Waals surface area contributed by atoms with E-state index in [1.807, 2.05) is 38.4 Å². The lowest BCUT2D eigenvalue weighted by Gasteiger charge is -2.35. The van der Waals surface area contributed by atoms with E-state index >= 15 is 0 Å². The van der Waals surface area contributed by atoms with Crippen LogP contribution in [0, 0.1) is 18.8 Å². The van der Waals surface area contributed by atoms with Gasteiger partial charge >= 0.3 is 0 Å². The summed E-state index contributed by atoms with van der Waals surface area (Å²) in [6, 6.07) is 5.81. The number of anilines is 3. The molecule has 1 fully saturated rings. The molecular weight excluding hydrogens is 360 g/mol. The first kappa shape index (κ1) is 18.0. The Hall–Kier alpha value is -2.34. The first-order chi connectivity index (χ1) is 12.9. The second-order valence-corrected chi connectivity index (χ2v) is 8.25. The Bertz CT molecular complexity index is 972. The zero-order valence-electron chi connectivity index (χ0n) is 16.2. The molecule has 2 aromatic heterocycles. The summed E-state index contributed by atoms with van der Waals surface area (Å²) in [5, 5.41) is 9.49. The van der Waals surface area contributed by atoms with Crippen LogP contribution in [-0.4, -0.2) is 32.8 Å². The van der Waals surface area contributed by atoms with E-state index in [-0.39, 0.29) is 0 Å². The zero-order chi connectivity index (χ0) is 19.1. The Morgan fingerprint density at radius 3 is 2.59 bits per heavy atom. The predicted octanol–water partition coefficient (Wildman–Crippen LogP) is 4.55. The highest BCUT2D eigenvalue weighted by atomic mass is 35.5. The molecule has 4 rings (SSSR count). The first-order valence-corrected chi connectivity index (χ1v) is 9.76. The van der Waals surface area contributed by atoms with Crippen LogP contribution in [0.2, 0.25) is 5.02 Å². The van der Waals surface area contributed by atoms with E-state index in [4.69, 9.17) is 21.6 Å². The topological polar surface area (TPSA) is 58.9 Å². The Morgan fingerprint density at radius 1 is 1.15 bits per heavy atom. The van der Waals surface area contributed by atoms with Crippen LogP contribution in [-0.2, 0) is 7.05 Å². The fraction of sp³-hybridized carbons (Fsp3) is 0.450. The van der Waals surface area contributed by atoms with Gasteiger partial charge in [-0.1, -0.05) is 25.4 Å². The highest BCUT2D eigenvalue weighted by Crippen LogP contribution is 2.30. The second-order valence-electron chi connectivity index (χ2n) is 7.81. The van der Waals surface area contributed by atoms with Crippen LogP contribution in [0.4, 0.5) is 17.5 Å². The van der Waals surface area contributed by atoms with E-state index in [0.29, 0.717) is 11.8 Å². The third-order valence-electron chi connectivity index (χ3n) is 5.17. The van der Waals surface area contributed by atoms with Gasteiger partial charge in [-0.05, 0) is 48.9 Å². The molecule has 3 aromatic rings. The number of aromatic nitrogens is 4. The van der Waals surface area contributed by atoms with Gasteiger partial charge in [-0.3, -0.25) is 4.68 Å². The Balaban J connectivity index is 1.77. The molecule has 1 aliphatic rings. The summed E-state index contributed by atoms with van der Waals surface area (Å²) in [4.78, 5) is 12.0. The van der Waals surface area contributed by atoms with E-state index in [1.165, 1.54) is 6.42 Å². The van der Waals surface area contributed by atoms with Crippen LogP contribution in [0.25, 0.3) is 11.0 Å². The van der Waals surface area contributed by atoms with Crippen molar-refractivity contribution in [1.82, 2.24) is 19.7 Å². The van der Waals surface area contributed by atoms with Crippen LogP contribution in [0.3, 0.4) is 0 Å². The molecule has 142 valence electrons. The minimum Gasteiger partial charge on any atom is -0.340 e. The van der Waals surface area contributed by atoms with Gasteiger partial charge in [0.15, 0.2) is 5.65 Å². The zero-order valence-corrected chi connectivity index (χ0v) is 17.0. The largest absolute Gasteiger partial charge is 0.340 e. The number of halogens is 1. The molecule has 6 nitrogen and oxygen atoms in total. The van der Waals surface area contributed by atoms with Crippen molar-refractivity contribution in [2.75, 3.05) is 23.3 Å². The maximum Gasteiger partial charge on any atom is 0.229 e. The molecule has 2 atom stereocenters. The summed E-state index contributed by atoms with van der Waals surface area (Å²) in [6.45, 7) is 8.58. The SMILES string of the molecule is Cc1cc(Cl)ccc1Nc1nc(N2C[C@H](C)C[C@@H](C)C2)nc2c1cnn2C. The maximum absolute atomic E-state index is 6.10. The highest BCUT2D eigenvalue weighted by Gasteiger charge is 2.25. The normalized spacial score (nSPS) is 20.3. The van der Waals surface area contributed by atoms with Gasteiger partial charge < -0.3 is 10.2 Å². The number of hydrogen-bond acceptors (Lipinski definition) is 5. The quantitative estimate of drug-likeness (QED) is 0.717. The molecule has 1 aromatic carbocycles. The lowest BCUT2D eigenvalue weighted by atomic mass is 9.92. The Labute approximate surface area is 164 Å². The van der Waals surface area contributed by atoms with E-state index in [0.717, 1.165) is 52.2 Å². The molecule has 27 heavy (non-hydrogen) atoms. The summed E-state index contributed by atoms with van der Waals surface area (Å²) in [6.07, 6.45) is 3.06. The van der Waals surface area contributed by atoms with E-state index < -0.39 is 0 Å². The van der Waals surface area contributed by atoms with Crippen molar-refractivity contribution in [1.29, 1.82) is 0 Å². The van der Waals surface area contributed by atoms with E-state index in [1.54, 1.807) is 4.68 Å². The molecule has 0 saturated carbocycles. The van der Waals surface area contributed by atoms with Crippen LogP contribution < -0.4 is 10.2 Å². The van der Waals surface area contributed by atoms with Crippen LogP contribution in [0.5, 0.6) is 0 Å². The smallest absolute Gasteiger partial charge is 0.229 e. The Morgan fingerprint density at radius 2 is 1.89 bits per heavy atom. The van der Waals surface area contributed by atoms with Crippen molar-refractivity contribution in [3.05, 3.63) is 35.0 Å². The van der Waals surface area contributed by atoms with Crippen molar-refractivity contribution in [3.8, 4) is 0 Å². The van der Waals surface area contributed by atoms with Gasteiger partial charge in [0.2, 0.25) is 5.95 Å². The number of hydrogen-bond donors (Lipinski definition) is 1. The number of piperidine rings is 1. The van der Waals surface area contributed by atoms with Crippen molar-refractivity contribution < 1.29 is 0 Å². The average Bonchev–Trinajstić information content (AvgIpc) is 2.98. The minimum atomic E-state index is 0.634. The molecule has 7 heteroatoms. The fourth-order valence-corrected chi connectivity index (χ4v) is 4.20. The minimum absolute atomic E-state index is 0.634. The summed E-state index contributed by atoms with van der Waals surface area (Å²) in [5.74, 6) is 2.81. The molecule has 0 radical (unpaired) electrons. The predicted molar refractivity (Wildman–Crippen MR) is 111 cm³/mol. The van der Waals surface area contributed by atoms with Gasteiger partial charge in [0.1, 0.15) is 5.82 Å². The monoisotopic (exact) mass is 384 g/mol. The van der Waals surface area contributed by atoms with Gasteiger partial charge in [-0.15, -0.1) is 0 Å². The second kappa shape index (κ2) is 7.00. The first-order valence-electron chi connectivity index (χ1n) is 9.38. The number of nitrogens with zero attached hydrogens (tertiary/aromatic N) is 5. The van der Waals surface area contributed by atoms with Crippen LogP contribution >= 0.6 is 11.6 Å². The molecule has 0 bridgehead atoms. The van der Waals surface area contributed by atoms with Crippen molar-refractivity contribution in [2.24, 2.45) is 18.9 Å². The summed E-state index contributed by atoms with van der Waals surface area (Å²) in [5.41, 5.74) is 2.88. The van der Waals surface area contributed by atoms with Gasteiger partial charge in [-0.2, -0.15) is 15.1 Å². The van der Waals surface area contributed by atoms with Crippen molar-refractivity contribution in [3.63, 3.8) is 0 Å². The standard InChI is InChI=1S/C20H25ClN6/c1-12-7-13(2)11-27(10-12)20-24-18(16-9-22-26(4)19(16)25-20)23-17-6-5-15(21)8-14(17)3/h5-6,8-9,12-13H,7,10-11H2,1-4H3,(H,23,24,25)/t12-,13-/m1/s1. The molecule has 1 saturated heterocycles. The molecule has 0 spiro atoms. The summed E-state index contributed by atoms with van der Waals surface area (Å²) >= 11 is 6.10. The van der Waals surface area contributed by atoms with Crippen LogP contribution in [0.15, 0.2) is 24.4 Å². The molecule has 0 aliphatic carbocycles. The van der Waals surface area contributed by atoms with E-state index in [2.05, 4.69) is 29.2 Å². The molecule has 1 N–H and O–H groups in total. The van der Waals surface area contributed by atoms with Crippen molar-refractivity contribution >= 4 is 40.1 Å². The number of rotatable bonds is 3. The van der Waals surface area contributed by atoms with Gasteiger partial charge in [0.25, 0.3) is 0 Å². The number of nitrogens with one attached hydrogen (secondary N) is 1. The van der Waals surface area contributed by atoms with Crippen molar-refractivity contribution in [2.45, 2.75) is 27.2 Å². The molecule has 3 heterocycles. The van der Waals surface area contributed by atoms with Gasteiger partial charge in [0.05, 0.1) is 11.6 Å². The summed E-state index contributed by atoms with van der Waals surface area (Å²) < 4.78 is 1.80. The summed E-state index contributed by atoms with van der Waals surface area (Å²) in [7, 11) is 1.91. The molecule has 1 aliphatic heterocycles. The third-order valence-corrected chi connectivity index (χ3v) is 5.41. The van der Waals surface area contributed by atoms with Gasteiger partial charge in [-0.25, -0.2) is 0 Å². The highest BCUT2D eigenvalue weighted by molar-refractivity contribution is 6.30. The molecule has 0 amide bonds. The Kier molecular flexibility index (Phi) is 4.68. The number of benzene rings is 1. The third kappa shape index (κ3) is 3.58. The van der Waals surface area contributed by atoms with Crippen LogP contribution in [0.1, 0.15) is 25.8 Å².